The van der Waals surface area contributed by atoms with Gasteiger partial charge in [-0.3, -0.25) is 4.68 Å². The number of sulfonamides is 1. The lowest BCUT2D eigenvalue weighted by molar-refractivity contribution is -0.0613. The molecule has 0 aromatic carbocycles. The summed E-state index contributed by atoms with van der Waals surface area (Å²) in [7, 11) is -2.02. The number of hydrogen-bond acceptors (Lipinski definition) is 5. The van der Waals surface area contributed by atoms with E-state index in [1.807, 2.05) is 6.92 Å². The molecule has 1 aliphatic heterocycles. The van der Waals surface area contributed by atoms with Crippen LogP contribution in [0.4, 0.5) is 5.82 Å². The van der Waals surface area contributed by atoms with Crippen LogP contribution in [-0.4, -0.2) is 46.3 Å². The number of β-amino-alcohol motifs (C(OH)–C–C–N with tert-alkyl or cyclic N) is 1. The summed E-state index contributed by atoms with van der Waals surface area (Å²) in [6.07, 6.45) is 1.90. The van der Waals surface area contributed by atoms with Gasteiger partial charge in [-0.2, -0.15) is 9.40 Å². The Hall–Kier alpha value is -1.12. The van der Waals surface area contributed by atoms with Gasteiger partial charge in [0.2, 0.25) is 10.0 Å². The molecule has 2 rings (SSSR count). The molecule has 0 atom stereocenters. The van der Waals surface area contributed by atoms with Crippen LogP contribution >= 0.6 is 0 Å². The predicted molar refractivity (Wildman–Crippen MR) is 61.6 cm³/mol. The fraction of sp³-hybridized carbons (Fsp3) is 0.667. The molecule has 17 heavy (non-hydrogen) atoms. The quantitative estimate of drug-likeness (QED) is 0.737. The number of aliphatic hydroxyl groups is 1. The molecule has 1 saturated heterocycles. The number of nitrogens with zero attached hydrogens (tertiary/aromatic N) is 3. The molecule has 0 saturated carbocycles. The highest BCUT2D eigenvalue weighted by molar-refractivity contribution is 7.89. The molecule has 1 aromatic heterocycles. The van der Waals surface area contributed by atoms with Gasteiger partial charge in [-0.15, -0.1) is 0 Å². The van der Waals surface area contributed by atoms with Crippen LogP contribution in [0, 0.1) is 0 Å². The highest BCUT2D eigenvalue weighted by Gasteiger charge is 2.46. The van der Waals surface area contributed by atoms with Crippen molar-refractivity contribution in [1.82, 2.24) is 14.1 Å². The fourth-order valence-corrected chi connectivity index (χ4v) is 3.52. The minimum absolute atomic E-state index is 0.00171. The van der Waals surface area contributed by atoms with Gasteiger partial charge in [0.05, 0.1) is 5.60 Å². The van der Waals surface area contributed by atoms with Gasteiger partial charge in [0.15, 0.2) is 5.82 Å². The second-order valence-electron chi connectivity index (χ2n) is 4.40. The molecular weight excluding hydrogens is 244 g/mol. The second kappa shape index (κ2) is 3.69. The van der Waals surface area contributed by atoms with E-state index in [-0.39, 0.29) is 23.8 Å². The van der Waals surface area contributed by atoms with Gasteiger partial charge in [-0.1, -0.05) is 6.92 Å². The summed E-state index contributed by atoms with van der Waals surface area (Å²) in [5, 5.41) is 13.6. The van der Waals surface area contributed by atoms with E-state index in [1.54, 1.807) is 7.05 Å². The maximum atomic E-state index is 12.1. The minimum Gasteiger partial charge on any atom is -0.387 e. The molecule has 0 radical (unpaired) electrons. The summed E-state index contributed by atoms with van der Waals surface area (Å²) in [5.74, 6) is -0.0144. The number of anilines is 1. The first kappa shape index (κ1) is 12.3. The smallest absolute Gasteiger partial charge is 0.248 e. The molecule has 96 valence electrons. The van der Waals surface area contributed by atoms with Crippen molar-refractivity contribution < 1.29 is 13.5 Å². The maximum Gasteiger partial charge on any atom is 0.248 e. The maximum absolute atomic E-state index is 12.1. The molecule has 3 N–H and O–H groups in total. The van der Waals surface area contributed by atoms with E-state index in [4.69, 9.17) is 5.73 Å². The van der Waals surface area contributed by atoms with E-state index in [2.05, 4.69) is 5.10 Å². The van der Waals surface area contributed by atoms with Gasteiger partial charge < -0.3 is 10.8 Å². The first-order valence-electron chi connectivity index (χ1n) is 5.30. The van der Waals surface area contributed by atoms with E-state index < -0.39 is 15.6 Å². The van der Waals surface area contributed by atoms with Crippen LogP contribution in [0.25, 0.3) is 0 Å². The highest BCUT2D eigenvalue weighted by Crippen LogP contribution is 2.31. The zero-order valence-corrected chi connectivity index (χ0v) is 10.6. The fourth-order valence-electron chi connectivity index (χ4n) is 1.83. The third-order valence-corrected chi connectivity index (χ3v) is 4.85. The number of nitrogen functional groups attached to an aromatic ring is 1. The zero-order valence-electron chi connectivity index (χ0n) is 9.79. The van der Waals surface area contributed by atoms with E-state index in [9.17, 15) is 13.5 Å². The van der Waals surface area contributed by atoms with E-state index >= 15 is 0 Å². The number of aryl methyl sites for hydroxylation is 1. The number of hydrogen-bond donors (Lipinski definition) is 2. The van der Waals surface area contributed by atoms with Crippen LogP contribution in [0.5, 0.6) is 0 Å². The number of nitrogens with two attached hydrogens (primary N) is 1. The van der Waals surface area contributed by atoms with Crippen LogP contribution in [0.2, 0.25) is 0 Å². The van der Waals surface area contributed by atoms with Crippen molar-refractivity contribution in [2.24, 2.45) is 7.05 Å². The van der Waals surface area contributed by atoms with Gasteiger partial charge in [-0.05, 0) is 6.42 Å². The molecule has 1 aliphatic rings. The standard InChI is InChI=1S/C9H16N4O3S/c1-3-9(14)5-13(6-9)17(15,16)7-4-12(2)11-8(7)10/h4,14H,3,5-6H2,1-2H3,(H2,10,11). The van der Waals surface area contributed by atoms with Gasteiger partial charge in [0, 0.05) is 26.3 Å². The van der Waals surface area contributed by atoms with Crippen molar-refractivity contribution in [1.29, 1.82) is 0 Å². The summed E-state index contributed by atoms with van der Waals surface area (Å²) < 4.78 is 26.8. The Kier molecular flexibility index (Phi) is 2.68. The van der Waals surface area contributed by atoms with Gasteiger partial charge in [0.25, 0.3) is 0 Å². The van der Waals surface area contributed by atoms with E-state index in [0.29, 0.717) is 6.42 Å². The van der Waals surface area contributed by atoms with Crippen LogP contribution in [-0.2, 0) is 17.1 Å². The summed E-state index contributed by atoms with van der Waals surface area (Å²) in [6, 6.07) is 0. The summed E-state index contributed by atoms with van der Waals surface area (Å²) in [6.45, 7) is 2.04. The Bertz CT molecular complexity index is 530. The molecule has 0 amide bonds. The van der Waals surface area contributed by atoms with Crippen molar-refractivity contribution in [2.75, 3.05) is 18.8 Å². The molecule has 1 aromatic rings. The lowest BCUT2D eigenvalue weighted by Crippen LogP contribution is -2.62. The lowest BCUT2D eigenvalue weighted by atomic mass is 9.94. The number of aromatic nitrogens is 2. The Morgan fingerprint density at radius 2 is 2.18 bits per heavy atom. The average Bonchev–Trinajstić information content (AvgIpc) is 2.53. The topological polar surface area (TPSA) is 101 Å². The highest BCUT2D eigenvalue weighted by atomic mass is 32.2. The third kappa shape index (κ3) is 1.92. The van der Waals surface area contributed by atoms with Crippen LogP contribution in [0.1, 0.15) is 13.3 Å². The molecule has 7 nitrogen and oxygen atoms in total. The first-order chi connectivity index (χ1) is 7.78. The molecule has 8 heteroatoms. The molecule has 0 bridgehead atoms. The van der Waals surface area contributed by atoms with E-state index in [0.717, 1.165) is 0 Å². The van der Waals surface area contributed by atoms with Gasteiger partial charge >= 0.3 is 0 Å². The molecule has 1 fully saturated rings. The minimum atomic E-state index is -3.63. The monoisotopic (exact) mass is 260 g/mol. The average molecular weight is 260 g/mol. The molecule has 0 aliphatic carbocycles. The van der Waals surface area contributed by atoms with Crippen molar-refractivity contribution in [3.63, 3.8) is 0 Å². The SMILES string of the molecule is CCC1(O)CN(S(=O)(=O)c2cn(C)nc2N)C1. The summed E-state index contributed by atoms with van der Waals surface area (Å²) >= 11 is 0. The van der Waals surface area contributed by atoms with Crippen molar-refractivity contribution in [2.45, 2.75) is 23.8 Å². The Balaban J connectivity index is 2.25. The Labute approximate surface area is 99.9 Å². The molecular formula is C9H16N4O3S. The van der Waals surface area contributed by atoms with Gasteiger partial charge in [0.1, 0.15) is 4.90 Å². The second-order valence-corrected chi connectivity index (χ2v) is 6.31. The lowest BCUT2D eigenvalue weighted by Gasteiger charge is -2.44. The zero-order chi connectivity index (χ0) is 12.8. The largest absolute Gasteiger partial charge is 0.387 e. The normalized spacial score (nSPS) is 20.2. The van der Waals surface area contributed by atoms with Crippen LogP contribution < -0.4 is 5.73 Å². The van der Waals surface area contributed by atoms with E-state index in [1.165, 1.54) is 15.2 Å². The third-order valence-electron chi connectivity index (χ3n) is 3.04. The Morgan fingerprint density at radius 1 is 1.59 bits per heavy atom. The van der Waals surface area contributed by atoms with Crippen molar-refractivity contribution in [3.8, 4) is 0 Å². The predicted octanol–water partition coefficient (Wildman–Crippen LogP) is -0.852. The molecule has 0 spiro atoms. The summed E-state index contributed by atoms with van der Waals surface area (Å²) in [4.78, 5) is -0.00171. The van der Waals surface area contributed by atoms with Crippen molar-refractivity contribution in [3.05, 3.63) is 6.20 Å². The molecule has 2 heterocycles. The van der Waals surface area contributed by atoms with Crippen molar-refractivity contribution >= 4 is 15.8 Å². The summed E-state index contributed by atoms with van der Waals surface area (Å²) in [5.41, 5.74) is 4.65. The number of rotatable bonds is 3. The van der Waals surface area contributed by atoms with Crippen LogP contribution in [0.15, 0.2) is 11.1 Å². The van der Waals surface area contributed by atoms with Crippen LogP contribution in [0.3, 0.4) is 0 Å². The van der Waals surface area contributed by atoms with Gasteiger partial charge in [-0.25, -0.2) is 8.42 Å². The first-order valence-corrected chi connectivity index (χ1v) is 6.74. The Morgan fingerprint density at radius 3 is 2.59 bits per heavy atom. The molecule has 0 unspecified atom stereocenters.